The third-order valence-electron chi connectivity index (χ3n) is 2.83. The summed E-state index contributed by atoms with van der Waals surface area (Å²) in [4.78, 5) is 4.10. The third kappa shape index (κ3) is 1.44. The first kappa shape index (κ1) is 10.9. The summed E-state index contributed by atoms with van der Waals surface area (Å²) in [6.07, 6.45) is 1.03. The van der Waals surface area contributed by atoms with Crippen molar-refractivity contribution in [3.8, 4) is 17.2 Å². The van der Waals surface area contributed by atoms with Crippen molar-refractivity contribution in [1.82, 2.24) is 0 Å². The Morgan fingerprint density at radius 2 is 2.24 bits per heavy atom. The van der Waals surface area contributed by atoms with Gasteiger partial charge in [0.15, 0.2) is 11.5 Å². The number of aliphatic hydroxyl groups excluding tert-OH is 1. The maximum absolute atomic E-state index is 10.00. The lowest BCUT2D eigenvalue weighted by atomic mass is 9.98. The van der Waals surface area contributed by atoms with Crippen LogP contribution in [-0.4, -0.2) is 31.8 Å². The molecule has 2 heterocycles. The van der Waals surface area contributed by atoms with Crippen LogP contribution in [0.1, 0.15) is 17.2 Å². The average molecular weight is 300 g/mol. The van der Waals surface area contributed by atoms with E-state index in [4.69, 9.17) is 14.2 Å². The lowest BCUT2D eigenvalue weighted by Gasteiger charge is -2.21. The highest BCUT2D eigenvalue weighted by Gasteiger charge is 2.32. The highest BCUT2D eigenvalue weighted by Crippen LogP contribution is 2.51. The van der Waals surface area contributed by atoms with Gasteiger partial charge in [0.1, 0.15) is 6.10 Å². The fraction of sp³-hybridized carbons (Fsp3) is 0.364. The molecule has 0 aliphatic carbocycles. The molecule has 0 saturated heterocycles. The van der Waals surface area contributed by atoms with Crippen molar-refractivity contribution in [1.29, 1.82) is 0 Å². The Labute approximate surface area is 106 Å². The summed E-state index contributed by atoms with van der Waals surface area (Å²) in [7, 11) is 1.56. The number of ether oxygens (including phenoxy) is 3. The van der Waals surface area contributed by atoms with Crippen molar-refractivity contribution < 1.29 is 19.3 Å². The van der Waals surface area contributed by atoms with Crippen LogP contribution >= 0.6 is 15.9 Å². The Hall–Kier alpha value is -1.27. The van der Waals surface area contributed by atoms with Gasteiger partial charge < -0.3 is 19.3 Å². The zero-order chi connectivity index (χ0) is 12.0. The van der Waals surface area contributed by atoms with Gasteiger partial charge in [-0.3, -0.25) is 4.99 Å². The van der Waals surface area contributed by atoms with E-state index in [1.165, 1.54) is 0 Å². The van der Waals surface area contributed by atoms with Gasteiger partial charge in [-0.05, 0) is 15.9 Å². The van der Waals surface area contributed by atoms with Gasteiger partial charge in [-0.25, -0.2) is 0 Å². The predicted molar refractivity (Wildman–Crippen MR) is 64.2 cm³/mol. The standard InChI is InChI=1S/C11H10BrNO4/c1-15-9-5-2-13-3-6(14)7(5)8(12)10-11(9)17-4-16-10/h2,6,14H,3-4H2,1H3. The molecule has 1 unspecified atom stereocenters. The van der Waals surface area contributed by atoms with Crippen LogP contribution in [0.25, 0.3) is 0 Å². The van der Waals surface area contributed by atoms with Gasteiger partial charge in [0.05, 0.1) is 18.1 Å². The van der Waals surface area contributed by atoms with Gasteiger partial charge in [0.2, 0.25) is 12.5 Å². The van der Waals surface area contributed by atoms with Gasteiger partial charge in [0.25, 0.3) is 0 Å². The van der Waals surface area contributed by atoms with E-state index in [1.54, 1.807) is 13.3 Å². The largest absolute Gasteiger partial charge is 0.492 e. The summed E-state index contributed by atoms with van der Waals surface area (Å²) < 4.78 is 16.8. The molecule has 1 aromatic rings. The van der Waals surface area contributed by atoms with Crippen LogP contribution < -0.4 is 14.2 Å². The highest BCUT2D eigenvalue weighted by atomic mass is 79.9. The van der Waals surface area contributed by atoms with E-state index in [0.717, 1.165) is 11.1 Å². The molecule has 0 saturated carbocycles. The number of fused-ring (bicyclic) bond motifs is 2. The Balaban J connectivity index is 2.34. The van der Waals surface area contributed by atoms with Gasteiger partial charge in [-0.1, -0.05) is 0 Å². The molecule has 1 N–H and O–H groups in total. The van der Waals surface area contributed by atoms with E-state index in [1.807, 2.05) is 0 Å². The molecule has 90 valence electrons. The van der Waals surface area contributed by atoms with E-state index in [2.05, 4.69) is 20.9 Å². The monoisotopic (exact) mass is 299 g/mol. The number of hydrogen-bond donors (Lipinski definition) is 1. The molecule has 2 aliphatic rings. The molecule has 0 radical (unpaired) electrons. The second-order valence-corrected chi connectivity index (χ2v) is 4.54. The van der Waals surface area contributed by atoms with Crippen LogP contribution in [0, 0.1) is 0 Å². The summed E-state index contributed by atoms with van der Waals surface area (Å²) in [5.41, 5.74) is 1.48. The first-order chi connectivity index (χ1) is 8.24. The number of benzene rings is 1. The van der Waals surface area contributed by atoms with E-state index < -0.39 is 6.10 Å². The number of aliphatic imine (C=N–C) groups is 1. The molecule has 0 spiro atoms. The summed E-state index contributed by atoms with van der Waals surface area (Å²) >= 11 is 3.44. The number of nitrogens with zero attached hydrogens (tertiary/aromatic N) is 1. The first-order valence-corrected chi connectivity index (χ1v) is 5.90. The van der Waals surface area contributed by atoms with Crippen LogP contribution in [0.4, 0.5) is 0 Å². The van der Waals surface area contributed by atoms with Crippen molar-refractivity contribution in [2.24, 2.45) is 4.99 Å². The number of hydrogen-bond acceptors (Lipinski definition) is 5. The minimum Gasteiger partial charge on any atom is -0.492 e. The lowest BCUT2D eigenvalue weighted by Crippen LogP contribution is -2.13. The van der Waals surface area contributed by atoms with Crippen molar-refractivity contribution >= 4 is 22.1 Å². The maximum atomic E-state index is 10.00. The summed E-state index contributed by atoms with van der Waals surface area (Å²) in [5.74, 6) is 1.69. The molecule has 3 rings (SSSR count). The zero-order valence-corrected chi connectivity index (χ0v) is 10.7. The SMILES string of the molecule is COc1c2c(c(Br)c3c1OCO3)C(O)CN=C2. The van der Waals surface area contributed by atoms with E-state index in [0.29, 0.717) is 28.3 Å². The number of halogens is 1. The minimum atomic E-state index is -0.659. The maximum Gasteiger partial charge on any atom is 0.231 e. The van der Waals surface area contributed by atoms with Gasteiger partial charge in [0, 0.05) is 17.3 Å². The van der Waals surface area contributed by atoms with Gasteiger partial charge >= 0.3 is 0 Å². The molecule has 0 bridgehead atoms. The zero-order valence-electron chi connectivity index (χ0n) is 9.07. The van der Waals surface area contributed by atoms with Crippen LogP contribution in [0.5, 0.6) is 17.2 Å². The van der Waals surface area contributed by atoms with Gasteiger partial charge in [-0.15, -0.1) is 0 Å². The van der Waals surface area contributed by atoms with Crippen molar-refractivity contribution in [2.45, 2.75) is 6.10 Å². The molecule has 0 aromatic heterocycles. The first-order valence-electron chi connectivity index (χ1n) is 5.11. The van der Waals surface area contributed by atoms with Gasteiger partial charge in [-0.2, -0.15) is 0 Å². The predicted octanol–water partition coefficient (Wildman–Crippen LogP) is 1.65. The normalized spacial score (nSPS) is 20.3. The lowest BCUT2D eigenvalue weighted by molar-refractivity contribution is 0.170. The molecule has 17 heavy (non-hydrogen) atoms. The van der Waals surface area contributed by atoms with Crippen LogP contribution in [0.3, 0.4) is 0 Å². The fourth-order valence-corrected chi connectivity index (χ4v) is 2.86. The molecule has 2 aliphatic heterocycles. The smallest absolute Gasteiger partial charge is 0.231 e. The van der Waals surface area contributed by atoms with E-state index in [-0.39, 0.29) is 6.79 Å². The van der Waals surface area contributed by atoms with Crippen molar-refractivity contribution in [2.75, 3.05) is 20.4 Å². The average Bonchev–Trinajstić information content (AvgIpc) is 2.79. The molecule has 5 nitrogen and oxygen atoms in total. The van der Waals surface area contributed by atoms with Crippen molar-refractivity contribution in [3.05, 3.63) is 15.6 Å². The summed E-state index contributed by atoms with van der Waals surface area (Å²) in [6.45, 7) is 0.495. The Bertz CT molecular complexity index is 515. The van der Waals surface area contributed by atoms with Crippen LogP contribution in [-0.2, 0) is 0 Å². The minimum absolute atomic E-state index is 0.153. The third-order valence-corrected chi connectivity index (χ3v) is 3.61. The molecule has 6 heteroatoms. The number of methoxy groups -OCH3 is 1. The Kier molecular flexibility index (Phi) is 2.48. The quantitative estimate of drug-likeness (QED) is 0.857. The van der Waals surface area contributed by atoms with Crippen LogP contribution in [0.15, 0.2) is 9.47 Å². The van der Waals surface area contributed by atoms with E-state index >= 15 is 0 Å². The Morgan fingerprint density at radius 1 is 1.47 bits per heavy atom. The Morgan fingerprint density at radius 3 is 3.00 bits per heavy atom. The fourth-order valence-electron chi connectivity index (χ4n) is 2.09. The van der Waals surface area contributed by atoms with Crippen LogP contribution in [0.2, 0.25) is 0 Å². The summed E-state index contributed by atoms with van der Waals surface area (Å²) in [5, 5.41) is 10.00. The van der Waals surface area contributed by atoms with Crippen molar-refractivity contribution in [3.63, 3.8) is 0 Å². The molecule has 0 fully saturated rings. The topological polar surface area (TPSA) is 60.3 Å². The number of aliphatic hydroxyl groups is 1. The van der Waals surface area contributed by atoms with E-state index in [9.17, 15) is 5.11 Å². The molecular weight excluding hydrogens is 290 g/mol. The molecular formula is C11H10BrNO4. The molecule has 1 aromatic carbocycles. The molecule has 0 amide bonds. The molecule has 1 atom stereocenters. The second kappa shape index (κ2) is 3.89. The highest BCUT2D eigenvalue weighted by molar-refractivity contribution is 9.10. The second-order valence-electron chi connectivity index (χ2n) is 3.75. The number of rotatable bonds is 1. The summed E-state index contributed by atoms with van der Waals surface area (Å²) in [6, 6.07) is 0.